The van der Waals surface area contributed by atoms with Crippen molar-refractivity contribution in [3.8, 4) is 23.6 Å². The normalized spacial score (nSPS) is 11.1. The van der Waals surface area contributed by atoms with Gasteiger partial charge in [-0.1, -0.05) is 6.07 Å². The third-order valence-electron chi connectivity index (χ3n) is 5.46. The lowest BCUT2D eigenvalue weighted by Gasteiger charge is -2.14. The molecule has 4 heterocycles. The number of hydrogen-bond acceptors (Lipinski definition) is 10. The number of nitrogens with zero attached hydrogens (tertiary/aromatic N) is 8. The summed E-state index contributed by atoms with van der Waals surface area (Å²) in [6.45, 7) is 1.80. The zero-order valence-corrected chi connectivity index (χ0v) is 19.4. The van der Waals surface area contributed by atoms with Gasteiger partial charge in [0.05, 0.1) is 18.1 Å². The van der Waals surface area contributed by atoms with Gasteiger partial charge in [0.15, 0.2) is 23.6 Å². The average Bonchev–Trinajstić information content (AvgIpc) is 3.47. The maximum Gasteiger partial charge on any atom is 0.233 e. The highest BCUT2D eigenvalue weighted by Crippen LogP contribution is 2.25. The molecule has 0 amide bonds. The molecule has 12 nitrogen and oxygen atoms in total. The van der Waals surface area contributed by atoms with E-state index >= 15 is 0 Å². The third-order valence-corrected chi connectivity index (χ3v) is 5.46. The van der Waals surface area contributed by atoms with Crippen LogP contribution in [0.1, 0.15) is 17.0 Å². The van der Waals surface area contributed by atoms with Crippen molar-refractivity contribution in [2.75, 3.05) is 12.4 Å². The first-order valence-corrected chi connectivity index (χ1v) is 10.9. The standard InChI is InChI=1S/C24H21N9O3/c1-14-9-17(12-25)31-33(14)24-15(10-23(34)35)3-7-21(28-24)32-13-26-18-11-16(4-5-19(18)32)27-20-6-8-22(36-2)30-29-20/h3-9,11,13,23,34-35H,10H2,1-2H3,(H,27,29). The van der Waals surface area contributed by atoms with Gasteiger partial charge in [-0.25, -0.2) is 14.6 Å². The molecular weight excluding hydrogens is 462 g/mol. The van der Waals surface area contributed by atoms with Crippen LogP contribution in [0.5, 0.6) is 5.88 Å². The fourth-order valence-corrected chi connectivity index (χ4v) is 3.80. The van der Waals surface area contributed by atoms with Crippen LogP contribution in [0.3, 0.4) is 0 Å². The number of hydrogen-bond donors (Lipinski definition) is 3. The summed E-state index contributed by atoms with van der Waals surface area (Å²) < 4.78 is 8.38. The molecule has 4 aromatic heterocycles. The summed E-state index contributed by atoms with van der Waals surface area (Å²) in [5, 5.41) is 43.9. The minimum Gasteiger partial charge on any atom is -0.480 e. The fraction of sp³-hybridized carbons (Fsp3) is 0.167. The highest BCUT2D eigenvalue weighted by Gasteiger charge is 2.17. The lowest BCUT2D eigenvalue weighted by atomic mass is 10.1. The Morgan fingerprint density at radius 3 is 2.67 bits per heavy atom. The molecule has 5 rings (SSSR count). The summed E-state index contributed by atoms with van der Waals surface area (Å²) >= 11 is 0. The number of nitriles is 1. The molecule has 0 fully saturated rings. The number of aromatic nitrogens is 7. The Labute approximate surface area is 205 Å². The second-order valence-electron chi connectivity index (χ2n) is 7.94. The Morgan fingerprint density at radius 1 is 1.11 bits per heavy atom. The van der Waals surface area contributed by atoms with Crippen LogP contribution in [-0.2, 0) is 6.42 Å². The molecule has 0 saturated heterocycles. The van der Waals surface area contributed by atoms with Crippen molar-refractivity contribution in [2.45, 2.75) is 19.6 Å². The number of aryl methyl sites for hydroxylation is 1. The lowest BCUT2D eigenvalue weighted by molar-refractivity contribution is -0.0382. The van der Waals surface area contributed by atoms with Crippen molar-refractivity contribution >= 4 is 22.5 Å². The van der Waals surface area contributed by atoms with Crippen LogP contribution in [0.25, 0.3) is 22.7 Å². The number of nitrogens with one attached hydrogen (secondary N) is 1. The summed E-state index contributed by atoms with van der Waals surface area (Å²) in [6.07, 6.45) is 0.0565. The SMILES string of the molecule is COc1ccc(Nc2ccc3c(c2)ncn3-c2ccc(CC(O)O)c(-n3nc(C#N)cc3C)n2)nn1. The Hall–Kier alpha value is -4.86. The minimum atomic E-state index is -1.56. The van der Waals surface area contributed by atoms with Gasteiger partial charge < -0.3 is 20.3 Å². The van der Waals surface area contributed by atoms with Gasteiger partial charge in [0.25, 0.3) is 0 Å². The number of aliphatic hydroxyl groups excluding tert-OH is 1. The van der Waals surface area contributed by atoms with Crippen LogP contribution in [0.15, 0.2) is 54.9 Å². The number of ether oxygens (including phenoxy) is 1. The summed E-state index contributed by atoms with van der Waals surface area (Å²) in [5.74, 6) is 1.95. The number of aliphatic hydroxyl groups is 2. The van der Waals surface area contributed by atoms with Crippen molar-refractivity contribution in [3.05, 3.63) is 71.8 Å². The summed E-state index contributed by atoms with van der Waals surface area (Å²) in [4.78, 5) is 9.26. The van der Waals surface area contributed by atoms with Gasteiger partial charge in [0.1, 0.15) is 18.2 Å². The van der Waals surface area contributed by atoms with E-state index in [9.17, 15) is 15.5 Å². The van der Waals surface area contributed by atoms with Crippen LogP contribution >= 0.6 is 0 Å². The van der Waals surface area contributed by atoms with Crippen molar-refractivity contribution in [3.63, 3.8) is 0 Å². The predicted octanol–water partition coefficient (Wildman–Crippen LogP) is 2.18. The van der Waals surface area contributed by atoms with Crippen molar-refractivity contribution < 1.29 is 14.9 Å². The molecule has 0 radical (unpaired) electrons. The maximum atomic E-state index is 9.56. The Bertz CT molecular complexity index is 1580. The van der Waals surface area contributed by atoms with Gasteiger partial charge in [-0.2, -0.15) is 10.4 Å². The highest BCUT2D eigenvalue weighted by atomic mass is 16.5. The molecule has 0 bridgehead atoms. The first-order valence-electron chi connectivity index (χ1n) is 10.9. The van der Waals surface area contributed by atoms with Gasteiger partial charge >= 0.3 is 0 Å². The van der Waals surface area contributed by atoms with Gasteiger partial charge in [0.2, 0.25) is 5.88 Å². The number of benzene rings is 1. The second kappa shape index (κ2) is 9.41. The molecule has 0 aliphatic carbocycles. The zero-order valence-electron chi connectivity index (χ0n) is 19.4. The van der Waals surface area contributed by atoms with E-state index in [0.717, 1.165) is 16.7 Å². The predicted molar refractivity (Wildman–Crippen MR) is 129 cm³/mol. The molecule has 0 spiro atoms. The van der Waals surface area contributed by atoms with Gasteiger partial charge in [-0.3, -0.25) is 4.57 Å². The van der Waals surface area contributed by atoms with Crippen LogP contribution in [0.4, 0.5) is 11.5 Å². The molecule has 0 unspecified atom stereocenters. The smallest absolute Gasteiger partial charge is 0.233 e. The Balaban J connectivity index is 1.51. The molecule has 0 atom stereocenters. The highest BCUT2D eigenvalue weighted by molar-refractivity contribution is 5.82. The molecular formula is C24H21N9O3. The molecule has 36 heavy (non-hydrogen) atoms. The Kier molecular flexibility index (Phi) is 5.99. The van der Waals surface area contributed by atoms with Crippen molar-refractivity contribution in [1.82, 2.24) is 34.5 Å². The number of fused-ring (bicyclic) bond motifs is 1. The van der Waals surface area contributed by atoms with Crippen molar-refractivity contribution in [2.24, 2.45) is 0 Å². The third kappa shape index (κ3) is 4.43. The average molecular weight is 483 g/mol. The molecule has 180 valence electrons. The van der Waals surface area contributed by atoms with Crippen LogP contribution in [0, 0.1) is 18.3 Å². The fourth-order valence-electron chi connectivity index (χ4n) is 3.80. The van der Waals surface area contributed by atoms with E-state index in [-0.39, 0.29) is 12.1 Å². The maximum absolute atomic E-state index is 9.56. The van der Waals surface area contributed by atoms with E-state index in [1.54, 1.807) is 43.6 Å². The van der Waals surface area contributed by atoms with Gasteiger partial charge in [0, 0.05) is 29.4 Å². The number of methoxy groups -OCH3 is 1. The van der Waals surface area contributed by atoms with Gasteiger partial charge in [-0.15, -0.1) is 10.2 Å². The summed E-state index contributed by atoms with van der Waals surface area (Å²) in [5.41, 5.74) is 3.82. The zero-order chi connectivity index (χ0) is 25.2. The molecule has 12 heteroatoms. The van der Waals surface area contributed by atoms with E-state index in [0.29, 0.717) is 34.6 Å². The quantitative estimate of drug-likeness (QED) is 0.293. The molecule has 0 aliphatic rings. The molecule has 1 aromatic carbocycles. The number of imidazole rings is 1. The molecule has 0 aliphatic heterocycles. The van der Waals surface area contributed by atoms with E-state index in [4.69, 9.17) is 9.72 Å². The second-order valence-corrected chi connectivity index (χ2v) is 7.94. The topological polar surface area (TPSA) is 160 Å². The van der Waals surface area contributed by atoms with Crippen LogP contribution in [0.2, 0.25) is 0 Å². The van der Waals surface area contributed by atoms with Crippen molar-refractivity contribution in [1.29, 1.82) is 5.26 Å². The van der Waals surface area contributed by atoms with E-state index < -0.39 is 6.29 Å². The lowest BCUT2D eigenvalue weighted by Crippen LogP contribution is -2.14. The molecule has 3 N–H and O–H groups in total. The Morgan fingerprint density at radius 2 is 1.97 bits per heavy atom. The number of rotatable bonds is 7. The van der Waals surface area contributed by atoms with E-state index in [1.807, 2.05) is 28.8 Å². The van der Waals surface area contributed by atoms with Gasteiger partial charge in [-0.05, 0) is 43.3 Å². The van der Waals surface area contributed by atoms with E-state index in [1.165, 1.54) is 11.8 Å². The summed E-state index contributed by atoms with van der Waals surface area (Å²) in [7, 11) is 1.53. The molecule has 5 aromatic rings. The van der Waals surface area contributed by atoms with Crippen LogP contribution in [-0.4, -0.2) is 58.1 Å². The first-order chi connectivity index (χ1) is 17.4. The summed E-state index contributed by atoms with van der Waals surface area (Å²) in [6, 6.07) is 16.3. The number of pyridine rings is 1. The minimum absolute atomic E-state index is 0.0439. The molecule has 0 saturated carbocycles. The largest absolute Gasteiger partial charge is 0.480 e. The number of anilines is 2. The first kappa shape index (κ1) is 22.9. The van der Waals surface area contributed by atoms with Crippen LogP contribution < -0.4 is 10.1 Å². The monoisotopic (exact) mass is 483 g/mol. The van der Waals surface area contributed by atoms with E-state index in [2.05, 4.69) is 25.6 Å².